The highest BCUT2D eigenvalue weighted by molar-refractivity contribution is 5.91. The maximum absolute atomic E-state index is 11.3. The van der Waals surface area contributed by atoms with Gasteiger partial charge in [-0.1, -0.05) is 18.2 Å². The Hall–Kier alpha value is -2.23. The molecule has 0 aliphatic carbocycles. The number of carbonyl (C=O) groups excluding carboxylic acids is 1. The molecule has 0 bridgehead atoms. The van der Waals surface area contributed by atoms with Gasteiger partial charge in [0.15, 0.2) is 5.76 Å². The number of furan rings is 1. The second kappa shape index (κ2) is 5.40. The fourth-order valence-electron chi connectivity index (χ4n) is 1.57. The average Bonchev–Trinajstić information content (AvgIpc) is 2.86. The van der Waals surface area contributed by atoms with Crippen molar-refractivity contribution < 1.29 is 13.9 Å². The molecule has 0 saturated carbocycles. The van der Waals surface area contributed by atoms with Crippen LogP contribution in [0, 0.1) is 6.92 Å². The van der Waals surface area contributed by atoms with Gasteiger partial charge in [-0.3, -0.25) is 4.79 Å². The number of ether oxygens (including phenoxy) is 1. The van der Waals surface area contributed by atoms with E-state index in [9.17, 15) is 4.79 Å². The van der Waals surface area contributed by atoms with Crippen LogP contribution in [0.1, 0.15) is 21.9 Å². The quantitative estimate of drug-likeness (QED) is 0.900. The van der Waals surface area contributed by atoms with Crippen molar-refractivity contribution in [1.29, 1.82) is 0 Å². The van der Waals surface area contributed by atoms with Crippen LogP contribution in [0.25, 0.3) is 0 Å². The molecular formula is C14H15NO3. The van der Waals surface area contributed by atoms with Crippen LogP contribution in [0.4, 0.5) is 0 Å². The normalized spacial score (nSPS) is 10.1. The van der Waals surface area contributed by atoms with Crippen LogP contribution in [-0.4, -0.2) is 13.0 Å². The van der Waals surface area contributed by atoms with E-state index >= 15 is 0 Å². The van der Waals surface area contributed by atoms with Gasteiger partial charge in [0.25, 0.3) is 5.91 Å². The molecule has 0 saturated heterocycles. The lowest BCUT2D eigenvalue weighted by Crippen LogP contribution is -2.16. The van der Waals surface area contributed by atoms with Crippen molar-refractivity contribution in [2.45, 2.75) is 13.5 Å². The summed E-state index contributed by atoms with van der Waals surface area (Å²) in [6, 6.07) is 11.1. The summed E-state index contributed by atoms with van der Waals surface area (Å²) in [5.41, 5.74) is 1.07. The van der Waals surface area contributed by atoms with E-state index in [0.29, 0.717) is 18.1 Å². The molecule has 94 valence electrons. The van der Waals surface area contributed by atoms with Gasteiger partial charge >= 0.3 is 0 Å². The van der Waals surface area contributed by atoms with Crippen LogP contribution < -0.4 is 10.1 Å². The minimum Gasteiger partial charge on any atom is -0.485 e. The number of rotatable bonds is 4. The van der Waals surface area contributed by atoms with Crippen LogP contribution in [0.5, 0.6) is 5.75 Å². The molecule has 0 spiro atoms. The number of carbonyl (C=O) groups is 1. The average molecular weight is 245 g/mol. The molecule has 0 aliphatic heterocycles. The second-order valence-electron chi connectivity index (χ2n) is 3.90. The SMILES string of the molecule is CNC(=O)c1ccc(COc2ccccc2C)o1. The highest BCUT2D eigenvalue weighted by atomic mass is 16.5. The molecule has 2 aromatic rings. The van der Waals surface area contributed by atoms with Crippen molar-refractivity contribution in [2.75, 3.05) is 7.05 Å². The molecule has 18 heavy (non-hydrogen) atoms. The van der Waals surface area contributed by atoms with E-state index in [2.05, 4.69) is 5.32 Å². The predicted molar refractivity (Wildman–Crippen MR) is 67.6 cm³/mol. The van der Waals surface area contributed by atoms with Gasteiger partial charge in [-0.15, -0.1) is 0 Å². The molecule has 0 unspecified atom stereocenters. The predicted octanol–water partition coefficient (Wildman–Crippen LogP) is 2.53. The van der Waals surface area contributed by atoms with Crippen molar-refractivity contribution >= 4 is 5.91 Å². The van der Waals surface area contributed by atoms with E-state index < -0.39 is 0 Å². The lowest BCUT2D eigenvalue weighted by atomic mass is 10.2. The van der Waals surface area contributed by atoms with Crippen molar-refractivity contribution in [3.05, 3.63) is 53.5 Å². The first-order valence-electron chi connectivity index (χ1n) is 5.70. The number of aryl methyl sites for hydroxylation is 1. The number of amides is 1. The minimum atomic E-state index is -0.239. The van der Waals surface area contributed by atoms with E-state index in [4.69, 9.17) is 9.15 Å². The summed E-state index contributed by atoms with van der Waals surface area (Å²) in [4.78, 5) is 11.3. The molecule has 4 nitrogen and oxygen atoms in total. The van der Waals surface area contributed by atoms with Crippen LogP contribution in [0.2, 0.25) is 0 Å². The number of hydrogen-bond acceptors (Lipinski definition) is 3. The molecule has 1 amide bonds. The highest BCUT2D eigenvalue weighted by Crippen LogP contribution is 2.18. The zero-order chi connectivity index (χ0) is 13.0. The first-order chi connectivity index (χ1) is 8.70. The highest BCUT2D eigenvalue weighted by Gasteiger charge is 2.09. The smallest absolute Gasteiger partial charge is 0.286 e. The van der Waals surface area contributed by atoms with Crippen LogP contribution in [0.3, 0.4) is 0 Å². The summed E-state index contributed by atoms with van der Waals surface area (Å²) in [7, 11) is 1.56. The van der Waals surface area contributed by atoms with E-state index in [0.717, 1.165) is 11.3 Å². The summed E-state index contributed by atoms with van der Waals surface area (Å²) in [5.74, 6) is 1.49. The van der Waals surface area contributed by atoms with Gasteiger partial charge < -0.3 is 14.5 Å². The zero-order valence-electron chi connectivity index (χ0n) is 10.4. The minimum absolute atomic E-state index is 0.239. The van der Waals surface area contributed by atoms with Crippen molar-refractivity contribution in [1.82, 2.24) is 5.32 Å². The first kappa shape index (κ1) is 12.2. The zero-order valence-corrected chi connectivity index (χ0v) is 10.4. The molecule has 4 heteroatoms. The Labute approximate surface area is 106 Å². The van der Waals surface area contributed by atoms with E-state index in [1.165, 1.54) is 0 Å². The molecule has 0 fully saturated rings. The van der Waals surface area contributed by atoms with Gasteiger partial charge in [0.1, 0.15) is 18.1 Å². The maximum atomic E-state index is 11.3. The lowest BCUT2D eigenvalue weighted by molar-refractivity contribution is 0.0931. The second-order valence-corrected chi connectivity index (χ2v) is 3.90. The van der Waals surface area contributed by atoms with E-state index in [-0.39, 0.29) is 5.91 Å². The van der Waals surface area contributed by atoms with Gasteiger partial charge in [0, 0.05) is 7.05 Å². The Kier molecular flexibility index (Phi) is 3.67. The molecule has 0 atom stereocenters. The molecule has 1 aromatic heterocycles. The van der Waals surface area contributed by atoms with E-state index in [1.807, 2.05) is 31.2 Å². The Balaban J connectivity index is 2.01. The number of para-hydroxylation sites is 1. The lowest BCUT2D eigenvalue weighted by Gasteiger charge is -2.06. The standard InChI is InChI=1S/C14H15NO3/c1-10-5-3-4-6-12(10)17-9-11-7-8-13(18-11)14(16)15-2/h3-8H,9H2,1-2H3,(H,15,16). The molecule has 0 radical (unpaired) electrons. The molecular weight excluding hydrogens is 230 g/mol. The fraction of sp³-hybridized carbons (Fsp3) is 0.214. The van der Waals surface area contributed by atoms with Crippen molar-refractivity contribution in [2.24, 2.45) is 0 Å². The number of hydrogen-bond donors (Lipinski definition) is 1. The van der Waals surface area contributed by atoms with E-state index in [1.54, 1.807) is 19.2 Å². The topological polar surface area (TPSA) is 51.5 Å². The monoisotopic (exact) mass is 245 g/mol. The molecule has 0 aliphatic rings. The van der Waals surface area contributed by atoms with Gasteiger partial charge in [0.2, 0.25) is 0 Å². The van der Waals surface area contributed by atoms with Crippen molar-refractivity contribution in [3.8, 4) is 5.75 Å². The Morgan fingerprint density at radius 2 is 2.06 bits per heavy atom. The van der Waals surface area contributed by atoms with Gasteiger partial charge in [-0.05, 0) is 30.7 Å². The third-order valence-electron chi connectivity index (χ3n) is 2.58. The third-order valence-corrected chi connectivity index (χ3v) is 2.58. The van der Waals surface area contributed by atoms with Gasteiger partial charge in [-0.2, -0.15) is 0 Å². The number of nitrogens with one attached hydrogen (secondary N) is 1. The summed E-state index contributed by atoms with van der Waals surface area (Å²) in [6.45, 7) is 2.29. The Morgan fingerprint density at radius 3 is 2.78 bits per heavy atom. The molecule has 2 rings (SSSR count). The molecule has 1 aromatic carbocycles. The van der Waals surface area contributed by atoms with Crippen LogP contribution in [0.15, 0.2) is 40.8 Å². The summed E-state index contributed by atoms with van der Waals surface area (Å²) < 4.78 is 11.0. The maximum Gasteiger partial charge on any atom is 0.286 e. The fourth-order valence-corrected chi connectivity index (χ4v) is 1.57. The molecule has 1 heterocycles. The summed E-state index contributed by atoms with van der Waals surface area (Å²) in [6.07, 6.45) is 0. The Morgan fingerprint density at radius 1 is 1.28 bits per heavy atom. The van der Waals surface area contributed by atoms with Gasteiger partial charge in [0.05, 0.1) is 0 Å². The van der Waals surface area contributed by atoms with Crippen LogP contribution >= 0.6 is 0 Å². The first-order valence-corrected chi connectivity index (χ1v) is 5.70. The molecule has 1 N–H and O–H groups in total. The third kappa shape index (κ3) is 2.71. The Bertz CT molecular complexity index is 545. The summed E-state index contributed by atoms with van der Waals surface area (Å²) >= 11 is 0. The number of benzene rings is 1. The van der Waals surface area contributed by atoms with Gasteiger partial charge in [-0.25, -0.2) is 0 Å². The summed E-state index contributed by atoms with van der Waals surface area (Å²) in [5, 5.41) is 2.50. The van der Waals surface area contributed by atoms with Crippen LogP contribution in [-0.2, 0) is 6.61 Å². The van der Waals surface area contributed by atoms with Crippen molar-refractivity contribution in [3.63, 3.8) is 0 Å². The largest absolute Gasteiger partial charge is 0.485 e.